The zero-order valence-corrected chi connectivity index (χ0v) is 12.3. The average Bonchev–Trinajstić information content (AvgIpc) is 2.48. The van der Waals surface area contributed by atoms with Crippen LogP contribution >= 0.6 is 0 Å². The number of carbonyl (C=O) groups excluding carboxylic acids is 1. The molecule has 0 saturated carbocycles. The fourth-order valence-electron chi connectivity index (χ4n) is 3.40. The molecule has 2 rings (SSSR count). The summed E-state index contributed by atoms with van der Waals surface area (Å²) >= 11 is 0. The van der Waals surface area contributed by atoms with E-state index in [4.69, 9.17) is 5.73 Å². The van der Waals surface area contributed by atoms with E-state index in [1.165, 1.54) is 32.1 Å². The van der Waals surface area contributed by atoms with Gasteiger partial charge in [0.1, 0.15) is 0 Å². The Labute approximate surface area is 117 Å². The van der Waals surface area contributed by atoms with Crippen molar-refractivity contribution < 1.29 is 4.79 Å². The van der Waals surface area contributed by atoms with Crippen molar-refractivity contribution in [1.29, 1.82) is 0 Å². The minimum absolute atomic E-state index is 0.0666. The Morgan fingerprint density at radius 1 is 1.16 bits per heavy atom. The molecule has 1 unspecified atom stereocenters. The van der Waals surface area contributed by atoms with Crippen molar-refractivity contribution in [1.82, 2.24) is 9.80 Å². The molecule has 2 fully saturated rings. The first-order valence-electron chi connectivity index (χ1n) is 7.95. The second-order valence-corrected chi connectivity index (χ2v) is 6.12. The van der Waals surface area contributed by atoms with Crippen molar-refractivity contribution in [2.45, 2.75) is 51.5 Å². The molecular weight excluding hydrogens is 238 g/mol. The Morgan fingerprint density at radius 3 is 2.37 bits per heavy atom. The summed E-state index contributed by atoms with van der Waals surface area (Å²) in [5.41, 5.74) is 5.63. The summed E-state index contributed by atoms with van der Waals surface area (Å²) in [4.78, 5) is 16.9. The number of piperidine rings is 2. The van der Waals surface area contributed by atoms with Crippen LogP contribution in [0.25, 0.3) is 0 Å². The van der Waals surface area contributed by atoms with Crippen molar-refractivity contribution >= 4 is 5.91 Å². The first-order chi connectivity index (χ1) is 9.22. The predicted molar refractivity (Wildman–Crippen MR) is 77.9 cm³/mol. The number of hydrogen-bond acceptors (Lipinski definition) is 3. The number of carbonyl (C=O) groups is 1. The number of amides is 1. The van der Waals surface area contributed by atoms with E-state index in [0.717, 1.165) is 45.1 Å². The molecule has 1 atom stereocenters. The Kier molecular flexibility index (Phi) is 5.64. The third-order valence-corrected chi connectivity index (χ3v) is 4.80. The van der Waals surface area contributed by atoms with Crippen molar-refractivity contribution in [2.75, 3.05) is 32.7 Å². The normalized spacial score (nSPS) is 24.4. The van der Waals surface area contributed by atoms with Crippen LogP contribution in [0.3, 0.4) is 0 Å². The minimum atomic E-state index is 0.0666. The van der Waals surface area contributed by atoms with E-state index in [1.807, 2.05) is 0 Å². The molecule has 4 heteroatoms. The second kappa shape index (κ2) is 7.25. The molecule has 2 heterocycles. The van der Waals surface area contributed by atoms with Crippen LogP contribution in [-0.4, -0.2) is 54.5 Å². The fourth-order valence-corrected chi connectivity index (χ4v) is 3.40. The molecule has 0 spiro atoms. The summed E-state index contributed by atoms with van der Waals surface area (Å²) < 4.78 is 0. The lowest BCUT2D eigenvalue weighted by Crippen LogP contribution is -2.50. The molecule has 1 amide bonds. The van der Waals surface area contributed by atoms with E-state index in [1.54, 1.807) is 0 Å². The lowest BCUT2D eigenvalue weighted by atomic mass is 9.93. The lowest BCUT2D eigenvalue weighted by molar-refractivity contribution is -0.137. The maximum atomic E-state index is 12.5. The van der Waals surface area contributed by atoms with Crippen molar-refractivity contribution in [3.05, 3.63) is 0 Å². The van der Waals surface area contributed by atoms with E-state index in [-0.39, 0.29) is 6.04 Å². The highest BCUT2D eigenvalue weighted by molar-refractivity contribution is 5.81. The van der Waals surface area contributed by atoms with Gasteiger partial charge in [0.2, 0.25) is 5.91 Å². The van der Waals surface area contributed by atoms with Crippen LogP contribution in [0.5, 0.6) is 0 Å². The lowest BCUT2D eigenvalue weighted by Gasteiger charge is -2.38. The number of likely N-dealkylation sites (tertiary alicyclic amines) is 2. The van der Waals surface area contributed by atoms with Crippen LogP contribution in [0, 0.1) is 5.92 Å². The molecule has 0 aromatic heterocycles. The van der Waals surface area contributed by atoms with E-state index in [2.05, 4.69) is 16.7 Å². The topological polar surface area (TPSA) is 49.6 Å². The summed E-state index contributed by atoms with van der Waals surface area (Å²) in [5.74, 6) is 1.12. The first kappa shape index (κ1) is 14.8. The van der Waals surface area contributed by atoms with Crippen LogP contribution in [-0.2, 0) is 4.79 Å². The summed E-state index contributed by atoms with van der Waals surface area (Å²) in [5, 5.41) is 0. The molecule has 2 N–H and O–H groups in total. The quantitative estimate of drug-likeness (QED) is 0.838. The SMILES string of the molecule is CC(C(=O)N1CCCCC1)N1CCC(CCN)CC1. The molecule has 0 radical (unpaired) electrons. The Hall–Kier alpha value is -0.610. The highest BCUT2D eigenvalue weighted by Crippen LogP contribution is 2.22. The van der Waals surface area contributed by atoms with E-state index < -0.39 is 0 Å². The van der Waals surface area contributed by atoms with Crippen LogP contribution in [0.15, 0.2) is 0 Å². The van der Waals surface area contributed by atoms with E-state index >= 15 is 0 Å². The molecular formula is C15H29N3O. The van der Waals surface area contributed by atoms with Gasteiger partial charge >= 0.3 is 0 Å². The maximum absolute atomic E-state index is 12.5. The van der Waals surface area contributed by atoms with Gasteiger partial charge in [0.15, 0.2) is 0 Å². The Bertz CT molecular complexity index is 281. The van der Waals surface area contributed by atoms with Gasteiger partial charge in [-0.1, -0.05) is 0 Å². The summed E-state index contributed by atoms with van der Waals surface area (Å²) in [6.45, 7) is 6.93. The molecule has 2 aliphatic heterocycles. The third-order valence-electron chi connectivity index (χ3n) is 4.80. The Morgan fingerprint density at radius 2 is 1.79 bits per heavy atom. The van der Waals surface area contributed by atoms with Gasteiger partial charge in [-0.15, -0.1) is 0 Å². The number of nitrogens with two attached hydrogens (primary N) is 1. The van der Waals surface area contributed by atoms with Gasteiger partial charge in [0.05, 0.1) is 6.04 Å². The molecule has 110 valence electrons. The molecule has 4 nitrogen and oxygen atoms in total. The predicted octanol–water partition coefficient (Wildman–Crippen LogP) is 1.45. The van der Waals surface area contributed by atoms with Crippen LogP contribution in [0.1, 0.15) is 45.4 Å². The van der Waals surface area contributed by atoms with Gasteiger partial charge in [-0.25, -0.2) is 0 Å². The number of nitrogens with zero attached hydrogens (tertiary/aromatic N) is 2. The molecule has 0 aliphatic carbocycles. The van der Waals surface area contributed by atoms with E-state index in [0.29, 0.717) is 5.91 Å². The Balaban J connectivity index is 1.79. The zero-order valence-electron chi connectivity index (χ0n) is 12.3. The van der Waals surface area contributed by atoms with Crippen LogP contribution < -0.4 is 5.73 Å². The monoisotopic (exact) mass is 267 g/mol. The van der Waals surface area contributed by atoms with Gasteiger partial charge in [-0.3, -0.25) is 9.69 Å². The van der Waals surface area contributed by atoms with Gasteiger partial charge in [-0.05, 0) is 71.0 Å². The molecule has 0 aromatic rings. The van der Waals surface area contributed by atoms with Gasteiger partial charge in [-0.2, -0.15) is 0 Å². The summed E-state index contributed by atoms with van der Waals surface area (Å²) in [6.07, 6.45) is 7.18. The van der Waals surface area contributed by atoms with E-state index in [9.17, 15) is 4.79 Å². The van der Waals surface area contributed by atoms with Crippen LogP contribution in [0.4, 0.5) is 0 Å². The highest BCUT2D eigenvalue weighted by atomic mass is 16.2. The van der Waals surface area contributed by atoms with Gasteiger partial charge in [0.25, 0.3) is 0 Å². The molecule has 2 aliphatic rings. The summed E-state index contributed by atoms with van der Waals surface area (Å²) in [7, 11) is 0. The molecule has 19 heavy (non-hydrogen) atoms. The van der Waals surface area contributed by atoms with Gasteiger partial charge < -0.3 is 10.6 Å². The highest BCUT2D eigenvalue weighted by Gasteiger charge is 2.29. The minimum Gasteiger partial charge on any atom is -0.341 e. The number of hydrogen-bond donors (Lipinski definition) is 1. The molecule has 0 aromatic carbocycles. The molecule has 2 saturated heterocycles. The van der Waals surface area contributed by atoms with Gasteiger partial charge in [0, 0.05) is 13.1 Å². The average molecular weight is 267 g/mol. The zero-order chi connectivity index (χ0) is 13.7. The van der Waals surface area contributed by atoms with Crippen molar-refractivity contribution in [2.24, 2.45) is 11.7 Å². The second-order valence-electron chi connectivity index (χ2n) is 6.12. The maximum Gasteiger partial charge on any atom is 0.239 e. The third kappa shape index (κ3) is 3.93. The standard InChI is InChI=1S/C15H29N3O/c1-13(15(19)18-9-3-2-4-10-18)17-11-6-14(5-8-16)7-12-17/h13-14H,2-12,16H2,1H3. The number of rotatable bonds is 4. The summed E-state index contributed by atoms with van der Waals surface area (Å²) in [6, 6.07) is 0.0666. The molecule has 0 bridgehead atoms. The van der Waals surface area contributed by atoms with Crippen molar-refractivity contribution in [3.63, 3.8) is 0 Å². The van der Waals surface area contributed by atoms with Crippen molar-refractivity contribution in [3.8, 4) is 0 Å². The first-order valence-corrected chi connectivity index (χ1v) is 7.95. The smallest absolute Gasteiger partial charge is 0.239 e. The van der Waals surface area contributed by atoms with Crippen LogP contribution in [0.2, 0.25) is 0 Å². The fraction of sp³-hybridized carbons (Fsp3) is 0.933. The largest absolute Gasteiger partial charge is 0.341 e.